The Morgan fingerprint density at radius 3 is 3.06 bits per heavy atom. The van der Waals surface area contributed by atoms with Gasteiger partial charge in [-0.15, -0.1) is 0 Å². The Hall–Kier alpha value is -1.36. The van der Waals surface area contributed by atoms with Crippen molar-refractivity contribution in [1.82, 2.24) is 9.97 Å². The van der Waals surface area contributed by atoms with Crippen LogP contribution >= 0.6 is 0 Å². The van der Waals surface area contributed by atoms with Crippen molar-refractivity contribution < 1.29 is 0 Å². The van der Waals surface area contributed by atoms with E-state index >= 15 is 0 Å². The quantitative estimate of drug-likeness (QED) is 0.804. The zero-order valence-corrected chi connectivity index (χ0v) is 9.93. The van der Waals surface area contributed by atoms with Gasteiger partial charge in [0.2, 0.25) is 5.95 Å². The summed E-state index contributed by atoms with van der Waals surface area (Å²) in [5.74, 6) is 1.74. The first-order valence-electron chi connectivity index (χ1n) is 5.69. The summed E-state index contributed by atoms with van der Waals surface area (Å²) < 4.78 is 0. The molecule has 0 spiro atoms. The van der Waals surface area contributed by atoms with E-state index in [-0.39, 0.29) is 0 Å². The Labute approximate surface area is 96.3 Å². The van der Waals surface area contributed by atoms with E-state index in [0.29, 0.717) is 12.6 Å². The summed E-state index contributed by atoms with van der Waals surface area (Å²) in [7, 11) is 3.90. The highest BCUT2D eigenvalue weighted by atomic mass is 15.3. The van der Waals surface area contributed by atoms with Gasteiger partial charge in [-0.3, -0.25) is 0 Å². The minimum absolute atomic E-state index is 0.435. The molecule has 1 unspecified atom stereocenters. The van der Waals surface area contributed by atoms with Crippen molar-refractivity contribution in [1.29, 1.82) is 0 Å². The lowest BCUT2D eigenvalue weighted by Gasteiger charge is -2.25. The van der Waals surface area contributed by atoms with Gasteiger partial charge in [0.05, 0.1) is 0 Å². The molecule has 88 valence electrons. The van der Waals surface area contributed by atoms with E-state index in [4.69, 9.17) is 5.73 Å². The fourth-order valence-corrected chi connectivity index (χ4v) is 2.10. The Balaban J connectivity index is 2.22. The molecule has 0 radical (unpaired) electrons. The standard InChI is InChI=1S/C11H19N5/c1-15(2)11-13-6-5-10(14-11)16-7-3-4-9(16)8-12/h5-6,9H,3-4,7-8,12H2,1-2H3. The van der Waals surface area contributed by atoms with Crippen LogP contribution in [0.1, 0.15) is 12.8 Å². The molecule has 0 bridgehead atoms. The highest BCUT2D eigenvalue weighted by Crippen LogP contribution is 2.23. The lowest BCUT2D eigenvalue weighted by Crippen LogP contribution is -2.36. The largest absolute Gasteiger partial charge is 0.352 e. The summed E-state index contributed by atoms with van der Waals surface area (Å²) in [4.78, 5) is 13.0. The van der Waals surface area contributed by atoms with Crippen molar-refractivity contribution >= 4 is 11.8 Å². The lowest BCUT2D eigenvalue weighted by atomic mass is 10.2. The number of nitrogens with zero attached hydrogens (tertiary/aromatic N) is 4. The number of hydrogen-bond donors (Lipinski definition) is 1. The number of nitrogens with two attached hydrogens (primary N) is 1. The number of hydrogen-bond acceptors (Lipinski definition) is 5. The highest BCUT2D eigenvalue weighted by molar-refractivity contribution is 5.45. The molecule has 1 fully saturated rings. The monoisotopic (exact) mass is 221 g/mol. The maximum atomic E-state index is 5.76. The van der Waals surface area contributed by atoms with Crippen molar-refractivity contribution in [3.63, 3.8) is 0 Å². The smallest absolute Gasteiger partial charge is 0.226 e. The Kier molecular flexibility index (Phi) is 3.24. The van der Waals surface area contributed by atoms with Crippen LogP contribution in [-0.2, 0) is 0 Å². The van der Waals surface area contributed by atoms with Crippen molar-refractivity contribution in [2.75, 3.05) is 37.0 Å². The van der Waals surface area contributed by atoms with E-state index < -0.39 is 0 Å². The number of aromatic nitrogens is 2. The third-order valence-corrected chi connectivity index (χ3v) is 2.97. The summed E-state index contributed by atoms with van der Waals surface area (Å²) in [5.41, 5.74) is 5.76. The molecule has 5 heteroatoms. The normalized spacial score (nSPS) is 20.2. The molecular formula is C11H19N5. The van der Waals surface area contributed by atoms with Crippen LogP contribution < -0.4 is 15.5 Å². The van der Waals surface area contributed by atoms with Gasteiger partial charge in [-0.2, -0.15) is 4.98 Å². The summed E-state index contributed by atoms with van der Waals surface area (Å²) in [6.45, 7) is 1.74. The second-order valence-corrected chi connectivity index (χ2v) is 4.33. The minimum Gasteiger partial charge on any atom is -0.352 e. The van der Waals surface area contributed by atoms with Gasteiger partial charge in [0.15, 0.2) is 0 Å². The second-order valence-electron chi connectivity index (χ2n) is 4.33. The predicted molar refractivity (Wildman–Crippen MR) is 65.8 cm³/mol. The van der Waals surface area contributed by atoms with Crippen LogP contribution in [-0.4, -0.2) is 43.2 Å². The third kappa shape index (κ3) is 2.09. The molecule has 1 aliphatic heterocycles. The summed E-state index contributed by atoms with van der Waals surface area (Å²) in [6, 6.07) is 2.39. The predicted octanol–water partition coefficient (Wildman–Crippen LogP) is 0.470. The molecule has 1 aromatic heterocycles. The van der Waals surface area contributed by atoms with Gasteiger partial charge < -0.3 is 15.5 Å². The maximum Gasteiger partial charge on any atom is 0.226 e. The van der Waals surface area contributed by atoms with E-state index in [9.17, 15) is 0 Å². The molecule has 5 nitrogen and oxygen atoms in total. The van der Waals surface area contributed by atoms with Gasteiger partial charge in [0, 0.05) is 39.4 Å². The van der Waals surface area contributed by atoms with Gasteiger partial charge >= 0.3 is 0 Å². The van der Waals surface area contributed by atoms with Crippen LogP contribution in [0.25, 0.3) is 0 Å². The van der Waals surface area contributed by atoms with Crippen LogP contribution in [0.4, 0.5) is 11.8 Å². The number of anilines is 2. The Morgan fingerprint density at radius 1 is 1.56 bits per heavy atom. The zero-order valence-electron chi connectivity index (χ0n) is 9.93. The fourth-order valence-electron chi connectivity index (χ4n) is 2.10. The van der Waals surface area contributed by atoms with E-state index in [1.165, 1.54) is 6.42 Å². The molecule has 1 aliphatic rings. The van der Waals surface area contributed by atoms with Crippen LogP contribution in [0.15, 0.2) is 12.3 Å². The van der Waals surface area contributed by atoms with Gasteiger partial charge in [0.1, 0.15) is 5.82 Å². The zero-order chi connectivity index (χ0) is 11.5. The van der Waals surface area contributed by atoms with Gasteiger partial charge in [0.25, 0.3) is 0 Å². The maximum absolute atomic E-state index is 5.76. The summed E-state index contributed by atoms with van der Waals surface area (Å²) >= 11 is 0. The fraction of sp³-hybridized carbons (Fsp3) is 0.636. The van der Waals surface area contributed by atoms with Crippen LogP contribution in [0, 0.1) is 0 Å². The van der Waals surface area contributed by atoms with E-state index in [2.05, 4.69) is 14.9 Å². The molecule has 0 aliphatic carbocycles. The van der Waals surface area contributed by atoms with E-state index in [1.807, 2.05) is 31.3 Å². The average molecular weight is 221 g/mol. The highest BCUT2D eigenvalue weighted by Gasteiger charge is 2.24. The van der Waals surface area contributed by atoms with Gasteiger partial charge in [-0.1, -0.05) is 0 Å². The van der Waals surface area contributed by atoms with Crippen LogP contribution in [0.2, 0.25) is 0 Å². The van der Waals surface area contributed by atoms with E-state index in [0.717, 1.165) is 24.7 Å². The molecule has 2 N–H and O–H groups in total. The van der Waals surface area contributed by atoms with E-state index in [1.54, 1.807) is 0 Å². The Morgan fingerprint density at radius 2 is 2.38 bits per heavy atom. The molecule has 0 saturated carbocycles. The molecular weight excluding hydrogens is 202 g/mol. The Bertz CT molecular complexity index is 352. The third-order valence-electron chi connectivity index (χ3n) is 2.97. The lowest BCUT2D eigenvalue weighted by molar-refractivity contribution is 0.670. The molecule has 1 saturated heterocycles. The minimum atomic E-state index is 0.435. The second kappa shape index (κ2) is 4.65. The van der Waals surface area contributed by atoms with Gasteiger partial charge in [-0.05, 0) is 18.9 Å². The molecule has 0 aromatic carbocycles. The summed E-state index contributed by atoms with van der Waals surface area (Å²) in [6.07, 6.45) is 4.17. The first-order valence-corrected chi connectivity index (χ1v) is 5.69. The molecule has 1 aromatic rings. The molecule has 2 heterocycles. The molecule has 0 amide bonds. The van der Waals surface area contributed by atoms with Crippen LogP contribution in [0.5, 0.6) is 0 Å². The number of rotatable bonds is 3. The van der Waals surface area contributed by atoms with Crippen molar-refractivity contribution in [2.24, 2.45) is 5.73 Å². The topological polar surface area (TPSA) is 58.3 Å². The molecule has 1 atom stereocenters. The first kappa shape index (κ1) is 11.1. The molecule has 16 heavy (non-hydrogen) atoms. The van der Waals surface area contributed by atoms with Crippen LogP contribution in [0.3, 0.4) is 0 Å². The SMILES string of the molecule is CN(C)c1nccc(N2CCCC2CN)n1. The van der Waals surface area contributed by atoms with Crippen molar-refractivity contribution in [3.8, 4) is 0 Å². The first-order chi connectivity index (χ1) is 7.72. The average Bonchev–Trinajstić information content (AvgIpc) is 2.77. The van der Waals surface area contributed by atoms with Crippen molar-refractivity contribution in [2.45, 2.75) is 18.9 Å². The molecule has 2 rings (SSSR count). The van der Waals surface area contributed by atoms with Gasteiger partial charge in [-0.25, -0.2) is 4.98 Å². The summed E-state index contributed by atoms with van der Waals surface area (Å²) in [5, 5.41) is 0. The van der Waals surface area contributed by atoms with Crippen molar-refractivity contribution in [3.05, 3.63) is 12.3 Å².